The molecule has 7 heteroatoms. The highest BCUT2D eigenvalue weighted by molar-refractivity contribution is 6.32. The third-order valence-corrected chi connectivity index (χ3v) is 6.10. The molecule has 1 N–H and O–H groups in total. The number of carboxylic acid groups (broad SMARTS) is 1. The average Bonchev–Trinajstić information content (AvgIpc) is 2.85. The van der Waals surface area contributed by atoms with Gasteiger partial charge in [0, 0.05) is 25.0 Å². The van der Waals surface area contributed by atoms with Crippen LogP contribution in [-0.2, 0) is 11.2 Å². The van der Waals surface area contributed by atoms with Crippen LogP contribution in [0, 0.1) is 0 Å². The number of aliphatic carboxylic acids is 1. The zero-order chi connectivity index (χ0) is 24.0. The second kappa shape index (κ2) is 10.7. The molecule has 0 unspecified atom stereocenters. The maximum atomic E-state index is 11.7. The van der Waals surface area contributed by atoms with Gasteiger partial charge in [0.15, 0.2) is 0 Å². The fraction of sp³-hybridized carbons (Fsp3) is 0.296. The van der Waals surface area contributed by atoms with Crippen molar-refractivity contribution in [3.63, 3.8) is 0 Å². The first-order valence-electron chi connectivity index (χ1n) is 11.3. The number of aryl methyl sites for hydroxylation is 1. The van der Waals surface area contributed by atoms with Crippen LogP contribution in [0.1, 0.15) is 31.7 Å². The molecule has 4 rings (SSSR count). The predicted octanol–water partition coefficient (Wildman–Crippen LogP) is 6.54. The van der Waals surface area contributed by atoms with Crippen LogP contribution in [-0.4, -0.2) is 29.9 Å². The van der Waals surface area contributed by atoms with Gasteiger partial charge in [0.05, 0.1) is 18.2 Å². The Labute approximate surface area is 204 Å². The standard InChI is InChI=1S/C27H27ClO6/c1-2-27(26(29)30)14-13-19-9-10-21(18-25(19)34-27)31-15-6-16-32-24-12-11-22(17-23(24)28)33-20-7-4-3-5-8-20/h3-5,7-12,17-18H,2,6,13-16H2,1H3,(H,29,30)/t27-/m1/s1. The van der Waals surface area contributed by atoms with Gasteiger partial charge in [-0.25, -0.2) is 4.79 Å². The smallest absolute Gasteiger partial charge is 0.348 e. The van der Waals surface area contributed by atoms with Crippen LogP contribution < -0.4 is 18.9 Å². The summed E-state index contributed by atoms with van der Waals surface area (Å²) in [5, 5.41) is 10.1. The molecule has 0 saturated carbocycles. The van der Waals surface area contributed by atoms with E-state index in [1.54, 1.807) is 18.2 Å². The molecule has 1 heterocycles. The van der Waals surface area contributed by atoms with Crippen LogP contribution >= 0.6 is 11.6 Å². The number of para-hydroxylation sites is 1. The number of benzene rings is 3. The van der Waals surface area contributed by atoms with Gasteiger partial charge >= 0.3 is 5.97 Å². The van der Waals surface area contributed by atoms with Gasteiger partial charge in [0.25, 0.3) is 0 Å². The molecule has 0 spiro atoms. The quantitative estimate of drug-likeness (QED) is 0.331. The van der Waals surface area contributed by atoms with Gasteiger partial charge < -0.3 is 24.1 Å². The lowest BCUT2D eigenvalue weighted by atomic mass is 9.89. The monoisotopic (exact) mass is 482 g/mol. The van der Waals surface area contributed by atoms with Gasteiger partial charge in [-0.1, -0.05) is 42.8 Å². The number of ether oxygens (including phenoxy) is 4. The molecule has 1 aliphatic heterocycles. The van der Waals surface area contributed by atoms with E-state index < -0.39 is 11.6 Å². The highest BCUT2D eigenvalue weighted by Crippen LogP contribution is 2.37. The lowest BCUT2D eigenvalue weighted by molar-refractivity contribution is -0.157. The molecule has 0 radical (unpaired) electrons. The minimum atomic E-state index is -1.17. The molecule has 3 aromatic rings. The lowest BCUT2D eigenvalue weighted by Gasteiger charge is -2.34. The second-order valence-electron chi connectivity index (χ2n) is 8.08. The van der Waals surface area contributed by atoms with Gasteiger partial charge in [-0.3, -0.25) is 0 Å². The zero-order valence-corrected chi connectivity index (χ0v) is 19.7. The van der Waals surface area contributed by atoms with Crippen molar-refractivity contribution in [2.24, 2.45) is 0 Å². The van der Waals surface area contributed by atoms with Crippen molar-refractivity contribution in [2.45, 2.75) is 38.2 Å². The van der Waals surface area contributed by atoms with Crippen molar-refractivity contribution >= 4 is 17.6 Å². The molecule has 0 saturated heterocycles. The minimum Gasteiger partial charge on any atom is -0.493 e. The summed E-state index contributed by atoms with van der Waals surface area (Å²) in [7, 11) is 0. The summed E-state index contributed by atoms with van der Waals surface area (Å²) in [5.41, 5.74) is -0.171. The predicted molar refractivity (Wildman–Crippen MR) is 130 cm³/mol. The normalized spacial score (nSPS) is 16.8. The number of rotatable bonds is 10. The Bertz CT molecular complexity index is 1130. The molecular formula is C27H27ClO6. The van der Waals surface area contributed by atoms with Crippen molar-refractivity contribution in [3.8, 4) is 28.7 Å². The summed E-state index contributed by atoms with van der Waals surface area (Å²) in [5.74, 6) is 2.23. The van der Waals surface area contributed by atoms with E-state index in [1.165, 1.54) is 0 Å². The third kappa shape index (κ3) is 5.57. The van der Waals surface area contributed by atoms with Crippen molar-refractivity contribution in [3.05, 3.63) is 77.3 Å². The molecule has 178 valence electrons. The number of carbonyl (C=O) groups is 1. The molecular weight excluding hydrogens is 456 g/mol. The Hall–Kier alpha value is -3.38. The topological polar surface area (TPSA) is 74.2 Å². The van der Waals surface area contributed by atoms with Gasteiger partial charge in [-0.15, -0.1) is 0 Å². The SMILES string of the molecule is CC[C@]1(C(=O)O)CCc2ccc(OCCCOc3ccc(Oc4ccccc4)cc3Cl)cc2O1. The summed E-state index contributed by atoms with van der Waals surface area (Å²) >= 11 is 6.34. The number of fused-ring (bicyclic) bond motifs is 1. The van der Waals surface area contributed by atoms with E-state index in [0.29, 0.717) is 66.9 Å². The molecule has 0 bridgehead atoms. The Morgan fingerprint density at radius 3 is 2.50 bits per heavy atom. The van der Waals surface area contributed by atoms with E-state index in [2.05, 4.69) is 0 Å². The molecule has 0 amide bonds. The summed E-state index contributed by atoms with van der Waals surface area (Å²) in [4.78, 5) is 11.7. The largest absolute Gasteiger partial charge is 0.493 e. The zero-order valence-electron chi connectivity index (χ0n) is 19.0. The van der Waals surface area contributed by atoms with E-state index in [4.69, 9.17) is 30.5 Å². The van der Waals surface area contributed by atoms with E-state index >= 15 is 0 Å². The average molecular weight is 483 g/mol. The van der Waals surface area contributed by atoms with Crippen LogP contribution in [0.3, 0.4) is 0 Å². The molecule has 6 nitrogen and oxygen atoms in total. The lowest BCUT2D eigenvalue weighted by Crippen LogP contribution is -2.46. The van der Waals surface area contributed by atoms with Crippen molar-refractivity contribution in [2.75, 3.05) is 13.2 Å². The first-order chi connectivity index (χ1) is 16.5. The Balaban J connectivity index is 1.25. The maximum Gasteiger partial charge on any atom is 0.348 e. The van der Waals surface area contributed by atoms with Gasteiger partial charge in [-0.2, -0.15) is 0 Å². The van der Waals surface area contributed by atoms with E-state index in [9.17, 15) is 9.90 Å². The van der Waals surface area contributed by atoms with Gasteiger partial charge in [0.2, 0.25) is 5.60 Å². The van der Waals surface area contributed by atoms with Crippen LogP contribution in [0.4, 0.5) is 0 Å². The highest BCUT2D eigenvalue weighted by atomic mass is 35.5. The summed E-state index contributed by atoms with van der Waals surface area (Å²) in [6.07, 6.45) is 2.18. The third-order valence-electron chi connectivity index (χ3n) is 5.80. The summed E-state index contributed by atoms with van der Waals surface area (Å²) in [6, 6.07) is 20.4. The number of hydrogen-bond donors (Lipinski definition) is 1. The van der Waals surface area contributed by atoms with Crippen molar-refractivity contribution in [1.82, 2.24) is 0 Å². The molecule has 1 atom stereocenters. The first-order valence-corrected chi connectivity index (χ1v) is 11.7. The highest BCUT2D eigenvalue weighted by Gasteiger charge is 2.42. The minimum absolute atomic E-state index is 0.409. The summed E-state index contributed by atoms with van der Waals surface area (Å²) < 4.78 is 23.3. The first kappa shape index (κ1) is 23.8. The van der Waals surface area contributed by atoms with Crippen LogP contribution in [0.25, 0.3) is 0 Å². The van der Waals surface area contributed by atoms with E-state index in [1.807, 2.05) is 55.5 Å². The Morgan fingerprint density at radius 1 is 1.00 bits per heavy atom. The summed E-state index contributed by atoms with van der Waals surface area (Å²) in [6.45, 7) is 2.69. The molecule has 3 aromatic carbocycles. The van der Waals surface area contributed by atoms with Crippen molar-refractivity contribution < 1.29 is 28.8 Å². The molecule has 1 aliphatic rings. The van der Waals surface area contributed by atoms with Gasteiger partial charge in [0.1, 0.15) is 28.7 Å². The Kier molecular flexibility index (Phi) is 7.48. The van der Waals surface area contributed by atoms with Crippen LogP contribution in [0.15, 0.2) is 66.7 Å². The molecule has 34 heavy (non-hydrogen) atoms. The van der Waals surface area contributed by atoms with E-state index in [0.717, 1.165) is 11.3 Å². The number of hydrogen-bond acceptors (Lipinski definition) is 5. The molecule has 0 aromatic heterocycles. The molecule has 0 fully saturated rings. The Morgan fingerprint density at radius 2 is 1.76 bits per heavy atom. The van der Waals surface area contributed by atoms with Crippen LogP contribution in [0.2, 0.25) is 5.02 Å². The fourth-order valence-corrected chi connectivity index (χ4v) is 4.02. The maximum absolute atomic E-state index is 11.7. The van der Waals surface area contributed by atoms with Crippen molar-refractivity contribution in [1.29, 1.82) is 0 Å². The fourth-order valence-electron chi connectivity index (χ4n) is 3.79. The van der Waals surface area contributed by atoms with E-state index in [-0.39, 0.29) is 0 Å². The molecule has 0 aliphatic carbocycles. The van der Waals surface area contributed by atoms with Crippen LogP contribution in [0.5, 0.6) is 28.7 Å². The number of halogens is 1. The van der Waals surface area contributed by atoms with Gasteiger partial charge in [-0.05, 0) is 48.7 Å². The number of carboxylic acids is 1. The second-order valence-corrected chi connectivity index (χ2v) is 8.49.